The number of rotatable bonds is 11. The molecular weight excluding hydrogens is 527 g/mol. The summed E-state index contributed by atoms with van der Waals surface area (Å²) in [5, 5.41) is 6.52. The van der Waals surface area contributed by atoms with Gasteiger partial charge in [-0.1, -0.05) is 42.5 Å². The van der Waals surface area contributed by atoms with Crippen LogP contribution in [0.5, 0.6) is 0 Å². The summed E-state index contributed by atoms with van der Waals surface area (Å²) in [6, 6.07) is 16.9. The van der Waals surface area contributed by atoms with Crippen molar-refractivity contribution in [2.75, 3.05) is 26.7 Å². The summed E-state index contributed by atoms with van der Waals surface area (Å²) < 4.78 is 31.8. The van der Waals surface area contributed by atoms with Gasteiger partial charge in [-0.25, -0.2) is 18.1 Å². The van der Waals surface area contributed by atoms with E-state index in [2.05, 4.69) is 39.4 Å². The lowest BCUT2D eigenvalue weighted by Gasteiger charge is -2.14. The average Bonchev–Trinajstić information content (AvgIpc) is 2.77. The molecule has 31 heavy (non-hydrogen) atoms. The van der Waals surface area contributed by atoms with Crippen LogP contribution < -0.4 is 15.4 Å². The fourth-order valence-electron chi connectivity index (χ4n) is 2.76. The number of sulfonamides is 1. The molecular formula is C22H33IN4O3S. The van der Waals surface area contributed by atoms with Crippen molar-refractivity contribution in [3.8, 4) is 0 Å². The summed E-state index contributed by atoms with van der Waals surface area (Å²) in [5.41, 5.74) is 2.11. The standard InChI is InChI=1S/C22H32N4O3S.HI/c1-4-24-22(25-15-8-16-29-18(2)20-9-6-5-7-10-20)26-17-19-11-13-21(14-12-19)30(27,28)23-3;/h5-7,9-14,18,23H,4,8,15-17H2,1-3H3,(H2,24,25,26);1H. The molecule has 1 unspecified atom stereocenters. The number of halogens is 1. The Labute approximate surface area is 203 Å². The lowest BCUT2D eigenvalue weighted by molar-refractivity contribution is 0.0646. The van der Waals surface area contributed by atoms with Crippen LogP contribution in [0.15, 0.2) is 64.5 Å². The van der Waals surface area contributed by atoms with E-state index in [1.54, 1.807) is 24.3 Å². The Morgan fingerprint density at radius 2 is 1.74 bits per heavy atom. The zero-order valence-electron chi connectivity index (χ0n) is 18.3. The maximum absolute atomic E-state index is 11.8. The lowest BCUT2D eigenvalue weighted by Crippen LogP contribution is -2.38. The molecule has 0 heterocycles. The van der Waals surface area contributed by atoms with Crippen molar-refractivity contribution in [1.82, 2.24) is 15.4 Å². The topological polar surface area (TPSA) is 91.8 Å². The molecule has 2 aromatic rings. The number of benzene rings is 2. The molecule has 1 atom stereocenters. The van der Waals surface area contributed by atoms with Crippen molar-refractivity contribution in [2.45, 2.75) is 37.8 Å². The molecule has 0 spiro atoms. The van der Waals surface area contributed by atoms with Gasteiger partial charge >= 0.3 is 0 Å². The van der Waals surface area contributed by atoms with E-state index in [1.165, 1.54) is 12.6 Å². The summed E-state index contributed by atoms with van der Waals surface area (Å²) in [7, 11) is -2.02. The second-order valence-corrected chi connectivity index (χ2v) is 8.64. The molecule has 0 bridgehead atoms. The van der Waals surface area contributed by atoms with Crippen LogP contribution in [0.2, 0.25) is 0 Å². The maximum Gasteiger partial charge on any atom is 0.240 e. The molecule has 0 saturated heterocycles. The zero-order chi connectivity index (χ0) is 21.8. The van der Waals surface area contributed by atoms with Gasteiger partial charge in [0.2, 0.25) is 10.0 Å². The van der Waals surface area contributed by atoms with Gasteiger partial charge in [-0.15, -0.1) is 24.0 Å². The van der Waals surface area contributed by atoms with E-state index in [4.69, 9.17) is 4.74 Å². The Morgan fingerprint density at radius 1 is 1.06 bits per heavy atom. The van der Waals surface area contributed by atoms with Gasteiger partial charge in [-0.3, -0.25) is 0 Å². The quantitative estimate of drug-likeness (QED) is 0.170. The van der Waals surface area contributed by atoms with Crippen LogP contribution in [0.4, 0.5) is 0 Å². The first-order valence-electron chi connectivity index (χ1n) is 10.2. The number of aliphatic imine (C=N–C) groups is 1. The molecule has 3 N–H and O–H groups in total. The normalized spacial score (nSPS) is 12.7. The van der Waals surface area contributed by atoms with E-state index in [0.29, 0.717) is 13.2 Å². The molecule has 0 aliphatic carbocycles. The summed E-state index contributed by atoms with van der Waals surface area (Å²) in [4.78, 5) is 4.81. The Kier molecular flexibility index (Phi) is 12.7. The first kappa shape index (κ1) is 27.3. The molecule has 0 aliphatic rings. The molecule has 2 aromatic carbocycles. The van der Waals surface area contributed by atoms with E-state index in [-0.39, 0.29) is 35.0 Å². The van der Waals surface area contributed by atoms with Crippen LogP contribution in [0.25, 0.3) is 0 Å². The third kappa shape index (κ3) is 9.55. The van der Waals surface area contributed by atoms with Gasteiger partial charge < -0.3 is 15.4 Å². The minimum Gasteiger partial charge on any atom is -0.374 e. The first-order chi connectivity index (χ1) is 14.5. The molecule has 9 heteroatoms. The van der Waals surface area contributed by atoms with Gasteiger partial charge in [0.05, 0.1) is 17.5 Å². The molecule has 0 aromatic heterocycles. The van der Waals surface area contributed by atoms with E-state index >= 15 is 0 Å². The van der Waals surface area contributed by atoms with Gasteiger partial charge in [0.25, 0.3) is 0 Å². The molecule has 0 aliphatic heterocycles. The van der Waals surface area contributed by atoms with Crippen molar-refractivity contribution in [1.29, 1.82) is 0 Å². The summed E-state index contributed by atoms with van der Waals surface area (Å²) in [6.07, 6.45) is 0.931. The minimum atomic E-state index is -3.42. The Balaban J connectivity index is 0.00000480. The van der Waals surface area contributed by atoms with Crippen LogP contribution in [0, 0.1) is 0 Å². The minimum absolute atomic E-state index is 0. The van der Waals surface area contributed by atoms with Crippen LogP contribution in [-0.4, -0.2) is 41.1 Å². The molecule has 2 rings (SSSR count). The Bertz CT molecular complexity index is 891. The number of guanidine groups is 1. The van der Waals surface area contributed by atoms with Crippen LogP contribution in [0.3, 0.4) is 0 Å². The van der Waals surface area contributed by atoms with Crippen molar-refractivity contribution < 1.29 is 13.2 Å². The number of hydrogen-bond acceptors (Lipinski definition) is 4. The SMILES string of the molecule is CCNC(=NCc1ccc(S(=O)(=O)NC)cc1)NCCCOC(C)c1ccccc1.I. The van der Waals surface area contributed by atoms with Gasteiger partial charge in [-0.2, -0.15) is 0 Å². The average molecular weight is 561 g/mol. The predicted octanol–water partition coefficient (Wildman–Crippen LogP) is 3.44. The highest BCUT2D eigenvalue weighted by Crippen LogP contribution is 2.15. The highest BCUT2D eigenvalue weighted by molar-refractivity contribution is 14.0. The van der Waals surface area contributed by atoms with Crippen molar-refractivity contribution >= 4 is 40.0 Å². The summed E-state index contributed by atoms with van der Waals surface area (Å²) >= 11 is 0. The number of ether oxygens (including phenoxy) is 1. The smallest absolute Gasteiger partial charge is 0.240 e. The van der Waals surface area contributed by atoms with Crippen LogP contribution >= 0.6 is 24.0 Å². The van der Waals surface area contributed by atoms with Gasteiger partial charge in [-0.05, 0) is 50.6 Å². The molecule has 0 amide bonds. The lowest BCUT2D eigenvalue weighted by atomic mass is 10.1. The van der Waals surface area contributed by atoms with E-state index < -0.39 is 10.0 Å². The van der Waals surface area contributed by atoms with Crippen LogP contribution in [0.1, 0.15) is 37.5 Å². The summed E-state index contributed by atoms with van der Waals surface area (Å²) in [6.45, 7) is 6.68. The van der Waals surface area contributed by atoms with E-state index in [9.17, 15) is 8.42 Å². The van der Waals surface area contributed by atoms with Crippen LogP contribution in [-0.2, 0) is 21.3 Å². The molecule has 0 saturated carbocycles. The van der Waals surface area contributed by atoms with Crippen molar-refractivity contribution in [2.24, 2.45) is 4.99 Å². The largest absolute Gasteiger partial charge is 0.374 e. The van der Waals surface area contributed by atoms with Gasteiger partial charge in [0, 0.05) is 19.7 Å². The monoisotopic (exact) mass is 560 g/mol. The summed E-state index contributed by atoms with van der Waals surface area (Å²) in [5.74, 6) is 0.723. The second-order valence-electron chi connectivity index (χ2n) is 6.75. The Hall–Kier alpha value is -1.69. The predicted molar refractivity (Wildman–Crippen MR) is 136 cm³/mol. The maximum atomic E-state index is 11.8. The number of hydrogen-bond donors (Lipinski definition) is 3. The van der Waals surface area contributed by atoms with Gasteiger partial charge in [0.1, 0.15) is 0 Å². The molecule has 7 nitrogen and oxygen atoms in total. The fourth-order valence-corrected chi connectivity index (χ4v) is 3.49. The zero-order valence-corrected chi connectivity index (χ0v) is 21.4. The molecule has 0 fully saturated rings. The number of nitrogens with one attached hydrogen (secondary N) is 3. The fraction of sp³-hybridized carbons (Fsp3) is 0.409. The van der Waals surface area contributed by atoms with Crippen molar-refractivity contribution in [3.05, 3.63) is 65.7 Å². The first-order valence-corrected chi connectivity index (χ1v) is 11.7. The highest BCUT2D eigenvalue weighted by Gasteiger charge is 2.10. The third-order valence-electron chi connectivity index (χ3n) is 4.52. The third-order valence-corrected chi connectivity index (χ3v) is 5.95. The second kappa shape index (κ2) is 14.4. The highest BCUT2D eigenvalue weighted by atomic mass is 127. The Morgan fingerprint density at radius 3 is 2.35 bits per heavy atom. The molecule has 172 valence electrons. The number of nitrogens with zero attached hydrogens (tertiary/aromatic N) is 1. The van der Waals surface area contributed by atoms with E-state index in [1.807, 2.05) is 25.1 Å². The van der Waals surface area contributed by atoms with Crippen molar-refractivity contribution in [3.63, 3.8) is 0 Å². The van der Waals surface area contributed by atoms with E-state index in [0.717, 1.165) is 31.0 Å². The molecule has 0 radical (unpaired) electrons. The van der Waals surface area contributed by atoms with Gasteiger partial charge in [0.15, 0.2) is 5.96 Å².